The van der Waals surface area contributed by atoms with E-state index in [1.54, 1.807) is 35.7 Å². The number of hydrogen-bond donors (Lipinski definition) is 2. The van der Waals surface area contributed by atoms with Crippen LogP contribution >= 0.6 is 23.5 Å². The number of rotatable bonds is 3. The maximum absolute atomic E-state index is 12.7. The molecule has 1 saturated heterocycles. The van der Waals surface area contributed by atoms with Gasteiger partial charge in [0.1, 0.15) is 5.82 Å². The molecule has 0 radical (unpaired) electrons. The van der Waals surface area contributed by atoms with Gasteiger partial charge < -0.3 is 10.2 Å². The van der Waals surface area contributed by atoms with E-state index >= 15 is 0 Å². The van der Waals surface area contributed by atoms with Gasteiger partial charge in [0.25, 0.3) is 0 Å². The maximum atomic E-state index is 12.7. The molecule has 1 aliphatic heterocycles. The predicted molar refractivity (Wildman–Crippen MR) is 65.1 cm³/mol. The molecule has 1 aliphatic rings. The summed E-state index contributed by atoms with van der Waals surface area (Å²) in [4.78, 5) is 0.990. The van der Waals surface area contributed by atoms with Crippen LogP contribution in [0.1, 0.15) is 6.42 Å². The SMILES string of the molecule is OCC1SC(Sc2ccc(F)cc2)CC1O. The van der Waals surface area contributed by atoms with Gasteiger partial charge in [-0.05, 0) is 30.7 Å². The van der Waals surface area contributed by atoms with Crippen molar-refractivity contribution >= 4 is 23.5 Å². The molecule has 3 atom stereocenters. The first-order valence-corrected chi connectivity index (χ1v) is 6.88. The van der Waals surface area contributed by atoms with Crippen LogP contribution in [0.5, 0.6) is 0 Å². The third-order valence-corrected chi connectivity index (χ3v) is 5.38. The summed E-state index contributed by atoms with van der Waals surface area (Å²) in [5.41, 5.74) is 0. The number of halogens is 1. The molecule has 1 aromatic carbocycles. The summed E-state index contributed by atoms with van der Waals surface area (Å²) in [6.45, 7) is 0.00626. The van der Waals surface area contributed by atoms with Crippen LogP contribution in [0, 0.1) is 5.82 Å². The molecule has 0 amide bonds. The number of hydrogen-bond acceptors (Lipinski definition) is 4. The van der Waals surface area contributed by atoms with Crippen molar-refractivity contribution in [1.29, 1.82) is 0 Å². The number of aliphatic hydroxyl groups is 2. The van der Waals surface area contributed by atoms with Gasteiger partial charge in [0.15, 0.2) is 0 Å². The molecule has 0 aromatic heterocycles. The van der Waals surface area contributed by atoms with Crippen LogP contribution in [0.2, 0.25) is 0 Å². The first kappa shape index (κ1) is 12.2. The monoisotopic (exact) mass is 260 g/mol. The summed E-state index contributed by atoms with van der Waals surface area (Å²) in [6.07, 6.45) is 0.228. The molecule has 1 fully saturated rings. The van der Waals surface area contributed by atoms with Crippen molar-refractivity contribution in [2.24, 2.45) is 0 Å². The Morgan fingerprint density at radius 3 is 2.62 bits per heavy atom. The second-order valence-corrected chi connectivity index (χ2v) is 6.68. The van der Waals surface area contributed by atoms with E-state index in [9.17, 15) is 9.50 Å². The Labute approximate surface area is 102 Å². The zero-order chi connectivity index (χ0) is 11.5. The second kappa shape index (κ2) is 5.40. The van der Waals surface area contributed by atoms with Gasteiger partial charge in [-0.1, -0.05) is 0 Å². The van der Waals surface area contributed by atoms with E-state index in [-0.39, 0.29) is 22.3 Å². The fourth-order valence-corrected chi connectivity index (χ4v) is 4.55. The molecule has 0 saturated carbocycles. The van der Waals surface area contributed by atoms with Gasteiger partial charge >= 0.3 is 0 Å². The highest BCUT2D eigenvalue weighted by molar-refractivity contribution is 8.17. The normalized spacial score (nSPS) is 29.6. The van der Waals surface area contributed by atoms with E-state index in [0.29, 0.717) is 6.42 Å². The van der Waals surface area contributed by atoms with Crippen molar-refractivity contribution in [2.45, 2.75) is 27.3 Å². The number of thioether (sulfide) groups is 2. The summed E-state index contributed by atoms with van der Waals surface area (Å²) >= 11 is 3.19. The Morgan fingerprint density at radius 1 is 1.38 bits per heavy atom. The van der Waals surface area contributed by atoms with Gasteiger partial charge in [-0.15, -0.1) is 23.5 Å². The fraction of sp³-hybridized carbons (Fsp3) is 0.455. The molecular weight excluding hydrogens is 247 g/mol. The second-order valence-electron chi connectivity index (χ2n) is 3.66. The molecule has 1 aromatic rings. The van der Waals surface area contributed by atoms with Gasteiger partial charge in [0, 0.05) is 4.90 Å². The molecule has 2 N–H and O–H groups in total. The lowest BCUT2D eigenvalue weighted by atomic mass is 10.2. The van der Waals surface area contributed by atoms with Crippen molar-refractivity contribution in [2.75, 3.05) is 6.61 Å². The lowest BCUT2D eigenvalue weighted by Gasteiger charge is -2.09. The molecule has 5 heteroatoms. The van der Waals surface area contributed by atoms with E-state index in [0.717, 1.165) is 4.90 Å². The summed E-state index contributed by atoms with van der Waals surface area (Å²) in [5, 5.41) is 18.6. The lowest BCUT2D eigenvalue weighted by Crippen LogP contribution is -2.20. The quantitative estimate of drug-likeness (QED) is 0.873. The topological polar surface area (TPSA) is 40.5 Å². The highest BCUT2D eigenvalue weighted by Gasteiger charge is 2.33. The van der Waals surface area contributed by atoms with Gasteiger partial charge in [-0.25, -0.2) is 4.39 Å². The van der Waals surface area contributed by atoms with Crippen LogP contribution in [0.15, 0.2) is 29.2 Å². The van der Waals surface area contributed by atoms with Gasteiger partial charge in [0.2, 0.25) is 0 Å². The molecule has 1 heterocycles. The Bertz CT molecular complexity index is 344. The highest BCUT2D eigenvalue weighted by atomic mass is 32.2. The van der Waals surface area contributed by atoms with Crippen LogP contribution in [0.4, 0.5) is 4.39 Å². The predicted octanol–water partition coefficient (Wildman–Crippen LogP) is 2.10. The molecular formula is C11H13FO2S2. The molecule has 88 valence electrons. The van der Waals surface area contributed by atoms with Crippen LogP contribution in [-0.2, 0) is 0 Å². The van der Waals surface area contributed by atoms with Crippen LogP contribution in [-0.4, -0.2) is 32.8 Å². The van der Waals surface area contributed by atoms with Crippen molar-refractivity contribution in [1.82, 2.24) is 0 Å². The van der Waals surface area contributed by atoms with E-state index in [4.69, 9.17) is 5.11 Å². The van der Waals surface area contributed by atoms with Crippen LogP contribution in [0.25, 0.3) is 0 Å². The Balaban J connectivity index is 1.94. The summed E-state index contributed by atoms with van der Waals surface area (Å²) in [7, 11) is 0. The van der Waals surface area contributed by atoms with E-state index in [1.807, 2.05) is 0 Å². The van der Waals surface area contributed by atoms with E-state index in [1.165, 1.54) is 12.1 Å². The van der Waals surface area contributed by atoms with Crippen LogP contribution < -0.4 is 0 Å². The Morgan fingerprint density at radius 2 is 2.06 bits per heavy atom. The number of aliphatic hydroxyl groups excluding tert-OH is 2. The zero-order valence-corrected chi connectivity index (χ0v) is 10.2. The first-order chi connectivity index (χ1) is 7.69. The highest BCUT2D eigenvalue weighted by Crippen LogP contribution is 2.43. The number of benzene rings is 1. The summed E-state index contributed by atoms with van der Waals surface area (Å²) in [5.74, 6) is -0.239. The van der Waals surface area contributed by atoms with E-state index in [2.05, 4.69) is 0 Å². The smallest absolute Gasteiger partial charge is 0.123 e. The van der Waals surface area contributed by atoms with Crippen molar-refractivity contribution in [3.8, 4) is 0 Å². The van der Waals surface area contributed by atoms with Crippen molar-refractivity contribution < 1.29 is 14.6 Å². The average molecular weight is 260 g/mol. The fourth-order valence-electron chi connectivity index (χ4n) is 1.60. The largest absolute Gasteiger partial charge is 0.395 e. The molecule has 2 rings (SSSR count). The third kappa shape index (κ3) is 2.91. The standard InChI is InChI=1S/C11H13FO2S2/c12-7-1-3-8(4-2-7)15-11-5-9(14)10(6-13)16-11/h1-4,9-11,13-14H,5-6H2. The molecule has 0 aliphatic carbocycles. The molecule has 2 nitrogen and oxygen atoms in total. The Kier molecular flexibility index (Phi) is 4.13. The Hall–Kier alpha value is -0.230. The molecule has 16 heavy (non-hydrogen) atoms. The maximum Gasteiger partial charge on any atom is 0.123 e. The minimum Gasteiger partial charge on any atom is -0.395 e. The summed E-state index contributed by atoms with van der Waals surface area (Å²) < 4.78 is 12.9. The van der Waals surface area contributed by atoms with Crippen LogP contribution in [0.3, 0.4) is 0 Å². The first-order valence-electron chi connectivity index (χ1n) is 5.05. The average Bonchev–Trinajstić information content (AvgIpc) is 2.62. The van der Waals surface area contributed by atoms with E-state index < -0.39 is 6.10 Å². The van der Waals surface area contributed by atoms with Gasteiger partial charge in [-0.2, -0.15) is 0 Å². The molecule has 0 bridgehead atoms. The third-order valence-electron chi connectivity index (χ3n) is 2.45. The summed E-state index contributed by atoms with van der Waals surface area (Å²) in [6, 6.07) is 6.34. The van der Waals surface area contributed by atoms with Crippen molar-refractivity contribution in [3.63, 3.8) is 0 Å². The molecule has 0 spiro atoms. The van der Waals surface area contributed by atoms with Crippen molar-refractivity contribution in [3.05, 3.63) is 30.1 Å². The molecule has 3 unspecified atom stereocenters. The minimum absolute atomic E-state index is 0.00626. The minimum atomic E-state index is -0.437. The van der Waals surface area contributed by atoms with Gasteiger partial charge in [0.05, 0.1) is 22.5 Å². The van der Waals surface area contributed by atoms with Gasteiger partial charge in [-0.3, -0.25) is 0 Å². The zero-order valence-electron chi connectivity index (χ0n) is 8.54. The lowest BCUT2D eigenvalue weighted by molar-refractivity contribution is 0.144.